The predicted octanol–water partition coefficient (Wildman–Crippen LogP) is 2.23. The summed E-state index contributed by atoms with van der Waals surface area (Å²) in [6, 6.07) is 0. The lowest BCUT2D eigenvalue weighted by molar-refractivity contribution is 0.109. The molecule has 2 aliphatic rings. The minimum atomic E-state index is 0. The average molecular weight is 412 g/mol. The van der Waals surface area contributed by atoms with Crippen molar-refractivity contribution in [3.8, 4) is 0 Å². The standard InChI is InChI=1S/C14H28N4S.HI/c1-17(2)14(6-4-3-5-7-14)12-16-13(15)18-8-10-19-11-9-18;/h3-12H2,1-2H3,(H2,15,16);1H. The Bertz CT molecular complexity index is 310. The molecule has 0 unspecified atom stereocenters. The smallest absolute Gasteiger partial charge is 0.191 e. The van der Waals surface area contributed by atoms with Gasteiger partial charge in [-0.25, -0.2) is 0 Å². The van der Waals surface area contributed by atoms with Crippen molar-refractivity contribution in [3.05, 3.63) is 0 Å². The fraction of sp³-hybridized carbons (Fsp3) is 0.929. The zero-order valence-corrected chi connectivity index (χ0v) is 16.0. The van der Waals surface area contributed by atoms with E-state index < -0.39 is 0 Å². The van der Waals surface area contributed by atoms with Crippen LogP contribution in [0.2, 0.25) is 0 Å². The maximum Gasteiger partial charge on any atom is 0.191 e. The van der Waals surface area contributed by atoms with Crippen molar-refractivity contribution < 1.29 is 0 Å². The molecule has 0 radical (unpaired) electrons. The molecule has 0 amide bonds. The molecule has 1 saturated carbocycles. The third-order valence-electron chi connectivity index (χ3n) is 4.60. The van der Waals surface area contributed by atoms with Gasteiger partial charge in [-0.3, -0.25) is 4.99 Å². The van der Waals surface area contributed by atoms with Gasteiger partial charge in [0.05, 0.1) is 6.54 Å². The molecule has 0 aromatic carbocycles. The van der Waals surface area contributed by atoms with Gasteiger partial charge in [-0.2, -0.15) is 11.8 Å². The molecule has 0 atom stereocenters. The number of thioether (sulfide) groups is 1. The SMILES string of the molecule is CN(C)C1(CN=C(N)N2CCSCC2)CCCCC1.I. The van der Waals surface area contributed by atoms with E-state index in [4.69, 9.17) is 10.7 Å². The van der Waals surface area contributed by atoms with Crippen LogP contribution in [0, 0.1) is 0 Å². The van der Waals surface area contributed by atoms with Crippen molar-refractivity contribution in [2.75, 3.05) is 45.2 Å². The lowest BCUT2D eigenvalue weighted by Crippen LogP contribution is -2.50. The highest BCUT2D eigenvalue weighted by atomic mass is 127. The third kappa shape index (κ3) is 4.66. The van der Waals surface area contributed by atoms with Crippen molar-refractivity contribution in [2.45, 2.75) is 37.6 Å². The average Bonchev–Trinajstić information content (AvgIpc) is 2.46. The van der Waals surface area contributed by atoms with Crippen molar-refractivity contribution in [3.63, 3.8) is 0 Å². The van der Waals surface area contributed by atoms with Gasteiger partial charge in [0.15, 0.2) is 5.96 Å². The molecule has 6 heteroatoms. The molecule has 0 aromatic rings. The van der Waals surface area contributed by atoms with E-state index in [2.05, 4.69) is 23.9 Å². The summed E-state index contributed by atoms with van der Waals surface area (Å²) in [6.45, 7) is 2.96. The molecule has 2 fully saturated rings. The number of rotatable bonds is 3. The highest BCUT2D eigenvalue weighted by molar-refractivity contribution is 14.0. The van der Waals surface area contributed by atoms with Crippen LogP contribution in [-0.2, 0) is 0 Å². The molecule has 4 nitrogen and oxygen atoms in total. The van der Waals surface area contributed by atoms with Crippen LogP contribution in [0.15, 0.2) is 4.99 Å². The fourth-order valence-electron chi connectivity index (χ4n) is 3.08. The van der Waals surface area contributed by atoms with E-state index in [1.54, 1.807) is 0 Å². The molecule has 2 N–H and O–H groups in total. The van der Waals surface area contributed by atoms with Gasteiger partial charge < -0.3 is 15.5 Å². The van der Waals surface area contributed by atoms with Crippen LogP contribution in [0.25, 0.3) is 0 Å². The second-order valence-electron chi connectivity index (χ2n) is 5.95. The number of nitrogens with zero attached hydrogens (tertiary/aromatic N) is 3. The van der Waals surface area contributed by atoms with Gasteiger partial charge >= 0.3 is 0 Å². The Labute approximate surface area is 144 Å². The summed E-state index contributed by atoms with van der Waals surface area (Å²) in [5.41, 5.74) is 6.42. The third-order valence-corrected chi connectivity index (χ3v) is 5.55. The Morgan fingerprint density at radius 1 is 1.20 bits per heavy atom. The summed E-state index contributed by atoms with van der Waals surface area (Å²) in [6.07, 6.45) is 6.54. The van der Waals surface area contributed by atoms with Crippen LogP contribution >= 0.6 is 35.7 Å². The Hall–Kier alpha value is 0.310. The van der Waals surface area contributed by atoms with Crippen LogP contribution < -0.4 is 5.73 Å². The summed E-state index contributed by atoms with van der Waals surface area (Å²) < 4.78 is 0. The van der Waals surface area contributed by atoms with E-state index in [1.807, 2.05) is 11.8 Å². The van der Waals surface area contributed by atoms with Gasteiger partial charge in [-0.05, 0) is 26.9 Å². The van der Waals surface area contributed by atoms with E-state index in [0.717, 1.165) is 25.6 Å². The van der Waals surface area contributed by atoms with Crippen LogP contribution in [0.5, 0.6) is 0 Å². The number of likely N-dealkylation sites (N-methyl/N-ethyl adjacent to an activating group) is 1. The molecule has 118 valence electrons. The molecule has 20 heavy (non-hydrogen) atoms. The maximum atomic E-state index is 6.17. The van der Waals surface area contributed by atoms with Gasteiger partial charge in [0.1, 0.15) is 0 Å². The van der Waals surface area contributed by atoms with Gasteiger partial charge in [-0.15, -0.1) is 24.0 Å². The largest absolute Gasteiger partial charge is 0.370 e. The first-order valence-electron chi connectivity index (χ1n) is 7.44. The lowest BCUT2D eigenvalue weighted by atomic mass is 9.81. The lowest BCUT2D eigenvalue weighted by Gasteiger charge is -2.42. The number of halogens is 1. The van der Waals surface area contributed by atoms with Gasteiger partial charge in [0, 0.05) is 30.1 Å². The fourth-order valence-corrected chi connectivity index (χ4v) is 3.98. The summed E-state index contributed by atoms with van der Waals surface area (Å²) in [5, 5.41) is 0. The molecule has 2 rings (SSSR count). The van der Waals surface area contributed by atoms with E-state index in [-0.39, 0.29) is 29.5 Å². The summed E-state index contributed by atoms with van der Waals surface area (Å²) >= 11 is 2.01. The molecular formula is C14H29IN4S. The second-order valence-corrected chi connectivity index (χ2v) is 7.18. The maximum absolute atomic E-state index is 6.17. The van der Waals surface area contributed by atoms with Crippen LogP contribution in [0.1, 0.15) is 32.1 Å². The van der Waals surface area contributed by atoms with Gasteiger partial charge in [0.2, 0.25) is 0 Å². The molecule has 1 saturated heterocycles. The molecular weight excluding hydrogens is 383 g/mol. The molecule has 0 bridgehead atoms. The number of hydrogen-bond acceptors (Lipinski definition) is 3. The summed E-state index contributed by atoms with van der Waals surface area (Å²) in [7, 11) is 4.38. The Kier molecular flexibility index (Phi) is 7.97. The summed E-state index contributed by atoms with van der Waals surface area (Å²) in [4.78, 5) is 9.34. The van der Waals surface area contributed by atoms with Crippen molar-refractivity contribution in [2.24, 2.45) is 10.7 Å². The highest BCUT2D eigenvalue weighted by Gasteiger charge is 2.34. The minimum absolute atomic E-state index is 0. The number of guanidine groups is 1. The first-order chi connectivity index (χ1) is 9.14. The number of aliphatic imine (C=N–C) groups is 1. The second kappa shape index (κ2) is 8.68. The van der Waals surface area contributed by atoms with E-state index in [1.165, 1.54) is 43.6 Å². The molecule has 0 aromatic heterocycles. The zero-order chi connectivity index (χ0) is 13.7. The molecule has 1 heterocycles. The number of hydrogen-bond donors (Lipinski definition) is 1. The predicted molar refractivity (Wildman–Crippen MR) is 100 cm³/mol. The van der Waals surface area contributed by atoms with E-state index in [9.17, 15) is 0 Å². The highest BCUT2D eigenvalue weighted by Crippen LogP contribution is 2.32. The first-order valence-corrected chi connectivity index (χ1v) is 8.60. The zero-order valence-electron chi connectivity index (χ0n) is 12.8. The Morgan fingerprint density at radius 2 is 1.80 bits per heavy atom. The molecule has 1 aliphatic carbocycles. The van der Waals surface area contributed by atoms with Crippen molar-refractivity contribution in [1.82, 2.24) is 9.80 Å². The van der Waals surface area contributed by atoms with Crippen LogP contribution in [0.3, 0.4) is 0 Å². The van der Waals surface area contributed by atoms with Crippen molar-refractivity contribution >= 4 is 41.7 Å². The molecule has 0 spiro atoms. The Morgan fingerprint density at radius 3 is 2.35 bits per heavy atom. The van der Waals surface area contributed by atoms with Gasteiger partial charge in [-0.1, -0.05) is 19.3 Å². The van der Waals surface area contributed by atoms with Crippen LogP contribution in [-0.4, -0.2) is 66.5 Å². The summed E-state index contributed by atoms with van der Waals surface area (Å²) in [5.74, 6) is 3.11. The van der Waals surface area contributed by atoms with Crippen LogP contribution in [0.4, 0.5) is 0 Å². The topological polar surface area (TPSA) is 44.9 Å². The van der Waals surface area contributed by atoms with Crippen molar-refractivity contribution in [1.29, 1.82) is 0 Å². The first kappa shape index (κ1) is 18.4. The van der Waals surface area contributed by atoms with E-state index >= 15 is 0 Å². The monoisotopic (exact) mass is 412 g/mol. The minimum Gasteiger partial charge on any atom is -0.370 e. The Balaban J connectivity index is 0.00000200. The van der Waals surface area contributed by atoms with Gasteiger partial charge in [0.25, 0.3) is 0 Å². The quantitative estimate of drug-likeness (QED) is 0.439. The molecule has 1 aliphatic heterocycles. The normalized spacial score (nSPS) is 23.6. The van der Waals surface area contributed by atoms with E-state index in [0.29, 0.717) is 0 Å². The number of nitrogens with two attached hydrogens (primary N) is 1.